The largest absolute Gasteiger partial charge is 0.455 e. The fraction of sp³-hybridized carbons (Fsp3) is 0.300. The molecule has 136 valence electrons. The van der Waals surface area contributed by atoms with Gasteiger partial charge in [0.15, 0.2) is 6.61 Å². The molecule has 0 spiro atoms. The Labute approximate surface area is 166 Å². The average Bonchev–Trinajstić information content (AvgIpc) is 3.06. The number of esters is 1. The summed E-state index contributed by atoms with van der Waals surface area (Å²) in [6.07, 6.45) is 0.841. The SMILES string of the molecule is Cc1cc(SCC(=O)OCC(=O)N2CCc3ccccc32)c(C)cc1Br. The maximum absolute atomic E-state index is 12.4. The number of anilines is 1. The molecule has 6 heteroatoms. The third kappa shape index (κ3) is 4.30. The molecule has 2 aromatic carbocycles. The summed E-state index contributed by atoms with van der Waals surface area (Å²) in [5.41, 5.74) is 4.30. The molecular weight excluding hydrogens is 414 g/mol. The highest BCUT2D eigenvalue weighted by Crippen LogP contribution is 2.29. The van der Waals surface area contributed by atoms with Gasteiger partial charge in [0.2, 0.25) is 0 Å². The topological polar surface area (TPSA) is 46.6 Å². The van der Waals surface area contributed by atoms with Crippen molar-refractivity contribution in [3.8, 4) is 0 Å². The Kier molecular flexibility index (Phi) is 6.04. The number of benzene rings is 2. The number of carbonyl (C=O) groups is 2. The molecule has 3 rings (SSSR count). The lowest BCUT2D eigenvalue weighted by molar-refractivity contribution is -0.145. The Hall–Kier alpha value is -1.79. The van der Waals surface area contributed by atoms with E-state index < -0.39 is 0 Å². The highest BCUT2D eigenvalue weighted by Gasteiger charge is 2.24. The number of hydrogen-bond donors (Lipinski definition) is 0. The second-order valence-corrected chi connectivity index (χ2v) is 8.11. The number of para-hydroxylation sites is 1. The van der Waals surface area contributed by atoms with Crippen LogP contribution in [-0.2, 0) is 20.7 Å². The smallest absolute Gasteiger partial charge is 0.316 e. The van der Waals surface area contributed by atoms with Gasteiger partial charge in [0.1, 0.15) is 0 Å². The maximum atomic E-state index is 12.4. The molecule has 1 aliphatic heterocycles. The summed E-state index contributed by atoms with van der Waals surface area (Å²) in [5.74, 6) is -0.369. The first-order valence-electron chi connectivity index (χ1n) is 8.39. The summed E-state index contributed by atoms with van der Waals surface area (Å²) in [6.45, 7) is 4.44. The van der Waals surface area contributed by atoms with Gasteiger partial charge in [-0.05, 0) is 55.2 Å². The third-order valence-electron chi connectivity index (χ3n) is 4.35. The van der Waals surface area contributed by atoms with Gasteiger partial charge in [0.05, 0.1) is 5.75 Å². The van der Waals surface area contributed by atoms with Gasteiger partial charge >= 0.3 is 5.97 Å². The van der Waals surface area contributed by atoms with Crippen LogP contribution in [0.2, 0.25) is 0 Å². The number of hydrogen-bond acceptors (Lipinski definition) is 4. The first-order valence-corrected chi connectivity index (χ1v) is 10.2. The average molecular weight is 434 g/mol. The Morgan fingerprint density at radius 3 is 2.77 bits per heavy atom. The predicted octanol–water partition coefficient (Wildman–Crippen LogP) is 4.29. The van der Waals surface area contributed by atoms with Crippen LogP contribution in [0.1, 0.15) is 16.7 Å². The monoisotopic (exact) mass is 433 g/mol. The molecule has 0 bridgehead atoms. The normalized spacial score (nSPS) is 12.8. The summed E-state index contributed by atoms with van der Waals surface area (Å²) < 4.78 is 6.24. The number of ether oxygens (including phenoxy) is 1. The van der Waals surface area contributed by atoms with Crippen LogP contribution in [0.4, 0.5) is 5.69 Å². The molecular formula is C20H20BrNO3S. The Morgan fingerprint density at radius 2 is 1.96 bits per heavy atom. The lowest BCUT2D eigenvalue weighted by atomic mass is 10.2. The number of nitrogens with zero attached hydrogens (tertiary/aromatic N) is 1. The first kappa shape index (κ1) is 19.0. The first-order chi connectivity index (χ1) is 12.5. The highest BCUT2D eigenvalue weighted by atomic mass is 79.9. The molecule has 0 saturated carbocycles. The maximum Gasteiger partial charge on any atom is 0.316 e. The van der Waals surface area contributed by atoms with Crippen molar-refractivity contribution in [2.75, 3.05) is 23.8 Å². The van der Waals surface area contributed by atoms with E-state index in [0.717, 1.165) is 38.2 Å². The number of amides is 1. The van der Waals surface area contributed by atoms with Gasteiger partial charge in [-0.25, -0.2) is 0 Å². The van der Waals surface area contributed by atoms with E-state index in [9.17, 15) is 9.59 Å². The van der Waals surface area contributed by atoms with Crippen LogP contribution < -0.4 is 4.90 Å². The van der Waals surface area contributed by atoms with E-state index in [-0.39, 0.29) is 24.2 Å². The van der Waals surface area contributed by atoms with Crippen LogP contribution in [0.25, 0.3) is 0 Å². The van der Waals surface area contributed by atoms with Crippen molar-refractivity contribution in [3.05, 3.63) is 57.6 Å². The lowest BCUT2D eigenvalue weighted by Crippen LogP contribution is -2.33. The van der Waals surface area contributed by atoms with E-state index in [1.54, 1.807) is 4.90 Å². The number of fused-ring (bicyclic) bond motifs is 1. The van der Waals surface area contributed by atoms with Gasteiger partial charge in [-0.3, -0.25) is 9.59 Å². The van der Waals surface area contributed by atoms with Crippen LogP contribution in [0.5, 0.6) is 0 Å². The summed E-state index contributed by atoms with van der Waals surface area (Å²) in [6, 6.07) is 11.9. The van der Waals surface area contributed by atoms with Crippen molar-refractivity contribution in [1.82, 2.24) is 0 Å². The summed E-state index contributed by atoms with van der Waals surface area (Å²) in [4.78, 5) is 27.1. The minimum Gasteiger partial charge on any atom is -0.455 e. The van der Waals surface area contributed by atoms with E-state index in [0.29, 0.717) is 6.54 Å². The summed E-state index contributed by atoms with van der Waals surface area (Å²) in [7, 11) is 0. The number of rotatable bonds is 5. The van der Waals surface area contributed by atoms with Crippen LogP contribution >= 0.6 is 27.7 Å². The zero-order valence-corrected chi connectivity index (χ0v) is 17.2. The molecule has 0 fully saturated rings. The standard InChI is InChI=1S/C20H20BrNO3S/c1-13-10-18(14(2)9-16(13)21)26-12-20(24)25-11-19(23)22-8-7-15-5-3-4-6-17(15)22/h3-6,9-10H,7-8,11-12H2,1-2H3. The predicted molar refractivity (Wildman–Crippen MR) is 108 cm³/mol. The molecule has 0 radical (unpaired) electrons. The molecule has 1 amide bonds. The van der Waals surface area contributed by atoms with Crippen LogP contribution in [-0.4, -0.2) is 30.8 Å². The Bertz CT molecular complexity index is 853. The highest BCUT2D eigenvalue weighted by molar-refractivity contribution is 9.10. The zero-order chi connectivity index (χ0) is 18.7. The van der Waals surface area contributed by atoms with Gasteiger partial charge in [-0.15, -0.1) is 11.8 Å². The second-order valence-electron chi connectivity index (χ2n) is 6.24. The molecule has 0 N–H and O–H groups in total. The molecule has 0 aromatic heterocycles. The van der Waals surface area contributed by atoms with Crippen LogP contribution in [0.15, 0.2) is 45.8 Å². The molecule has 0 aliphatic carbocycles. The number of aryl methyl sites for hydroxylation is 2. The van der Waals surface area contributed by atoms with Crippen LogP contribution in [0.3, 0.4) is 0 Å². The van der Waals surface area contributed by atoms with E-state index in [1.807, 2.05) is 50.2 Å². The quantitative estimate of drug-likeness (QED) is 0.521. The third-order valence-corrected chi connectivity index (χ3v) is 6.33. The molecule has 2 aromatic rings. The lowest BCUT2D eigenvalue weighted by Gasteiger charge is -2.17. The zero-order valence-electron chi connectivity index (χ0n) is 14.8. The molecule has 26 heavy (non-hydrogen) atoms. The van der Waals surface area contributed by atoms with E-state index >= 15 is 0 Å². The van der Waals surface area contributed by atoms with E-state index in [1.165, 1.54) is 11.8 Å². The van der Waals surface area contributed by atoms with E-state index in [2.05, 4.69) is 15.9 Å². The second kappa shape index (κ2) is 8.27. The minimum atomic E-state index is -0.379. The van der Waals surface area contributed by atoms with Crippen LogP contribution in [0, 0.1) is 13.8 Å². The minimum absolute atomic E-state index is 0.177. The van der Waals surface area contributed by atoms with Gasteiger partial charge in [0.25, 0.3) is 5.91 Å². The molecule has 0 unspecified atom stereocenters. The molecule has 1 heterocycles. The molecule has 4 nitrogen and oxygen atoms in total. The number of thioether (sulfide) groups is 1. The summed E-state index contributed by atoms with van der Waals surface area (Å²) >= 11 is 4.93. The van der Waals surface area contributed by atoms with Crippen molar-refractivity contribution >= 4 is 45.3 Å². The van der Waals surface area contributed by atoms with Crippen molar-refractivity contribution in [1.29, 1.82) is 0 Å². The molecule has 0 atom stereocenters. The number of carbonyl (C=O) groups excluding carboxylic acids is 2. The van der Waals surface area contributed by atoms with Crippen molar-refractivity contribution in [2.24, 2.45) is 0 Å². The number of halogens is 1. The Balaban J connectivity index is 1.50. The van der Waals surface area contributed by atoms with E-state index in [4.69, 9.17) is 4.74 Å². The van der Waals surface area contributed by atoms with Crippen molar-refractivity contribution < 1.29 is 14.3 Å². The van der Waals surface area contributed by atoms with Gasteiger partial charge in [-0.2, -0.15) is 0 Å². The van der Waals surface area contributed by atoms with Gasteiger partial charge in [0, 0.05) is 21.6 Å². The molecule has 0 saturated heterocycles. The molecule has 1 aliphatic rings. The van der Waals surface area contributed by atoms with Gasteiger partial charge < -0.3 is 9.64 Å². The summed E-state index contributed by atoms with van der Waals surface area (Å²) in [5, 5.41) is 0. The van der Waals surface area contributed by atoms with Crippen molar-refractivity contribution in [3.63, 3.8) is 0 Å². The van der Waals surface area contributed by atoms with Crippen molar-refractivity contribution in [2.45, 2.75) is 25.2 Å². The Morgan fingerprint density at radius 1 is 1.19 bits per heavy atom. The fourth-order valence-electron chi connectivity index (χ4n) is 2.91. The van der Waals surface area contributed by atoms with Gasteiger partial charge in [-0.1, -0.05) is 34.1 Å². The fourth-order valence-corrected chi connectivity index (χ4v) is 4.27.